The van der Waals surface area contributed by atoms with E-state index in [1.54, 1.807) is 49.4 Å². The lowest BCUT2D eigenvalue weighted by molar-refractivity contribution is -0.138. The number of hydrogen-bond donors (Lipinski definition) is 3. The monoisotopic (exact) mass is 468 g/mol. The second-order valence-electron chi connectivity index (χ2n) is 8.13. The van der Waals surface area contributed by atoms with Crippen molar-refractivity contribution in [3.05, 3.63) is 59.7 Å². The van der Waals surface area contributed by atoms with Crippen LogP contribution in [0, 0.1) is 0 Å². The normalized spacial score (nSPS) is 23.4. The Balaban J connectivity index is 1.49. The van der Waals surface area contributed by atoms with Crippen molar-refractivity contribution in [1.82, 2.24) is 10.0 Å². The fourth-order valence-electron chi connectivity index (χ4n) is 4.17. The van der Waals surface area contributed by atoms with Crippen LogP contribution in [0.3, 0.4) is 0 Å². The third-order valence-corrected chi connectivity index (χ3v) is 7.54. The number of nitrogens with one attached hydrogen (secondary N) is 3. The molecular weight excluding hydrogens is 444 g/mol. The van der Waals surface area contributed by atoms with E-state index in [0.29, 0.717) is 24.1 Å². The van der Waals surface area contributed by atoms with Gasteiger partial charge in [0.15, 0.2) is 0 Å². The summed E-state index contributed by atoms with van der Waals surface area (Å²) in [6, 6.07) is 12.5. The van der Waals surface area contributed by atoms with Gasteiger partial charge >= 0.3 is 0 Å². The van der Waals surface area contributed by atoms with Gasteiger partial charge in [0, 0.05) is 17.7 Å². The zero-order valence-electron chi connectivity index (χ0n) is 18.2. The van der Waals surface area contributed by atoms with Gasteiger partial charge in [-0.2, -0.15) is 0 Å². The first-order chi connectivity index (χ1) is 15.7. The van der Waals surface area contributed by atoms with Crippen molar-refractivity contribution >= 4 is 39.3 Å². The van der Waals surface area contributed by atoms with E-state index in [4.69, 9.17) is 0 Å². The molecule has 2 heterocycles. The van der Waals surface area contributed by atoms with E-state index in [1.807, 2.05) is 6.92 Å². The fraction of sp³-hybridized carbons (Fsp3) is 0.304. The Kier molecular flexibility index (Phi) is 5.79. The van der Waals surface area contributed by atoms with Crippen molar-refractivity contribution in [1.29, 1.82) is 0 Å². The summed E-state index contributed by atoms with van der Waals surface area (Å²) in [5, 5.41) is 5.18. The number of imide groups is 1. The van der Waals surface area contributed by atoms with E-state index in [9.17, 15) is 22.8 Å². The van der Waals surface area contributed by atoms with Gasteiger partial charge in [0.25, 0.3) is 10.0 Å². The summed E-state index contributed by atoms with van der Waals surface area (Å²) in [4.78, 5) is 41.2. The molecule has 0 aromatic heterocycles. The zero-order chi connectivity index (χ0) is 23.8. The molecule has 0 radical (unpaired) electrons. The number of rotatable bonds is 5. The molecule has 4 rings (SSSR count). The van der Waals surface area contributed by atoms with E-state index < -0.39 is 27.4 Å². The van der Waals surface area contributed by atoms with E-state index in [1.165, 1.54) is 6.07 Å². The number of carbonyl (C=O) groups is 3. The van der Waals surface area contributed by atoms with Crippen LogP contribution >= 0.6 is 0 Å². The molecule has 2 aliphatic rings. The number of anilines is 1. The maximum absolute atomic E-state index is 12.7. The van der Waals surface area contributed by atoms with Gasteiger partial charge in [-0.15, -0.1) is 0 Å². The first kappa shape index (κ1) is 22.7. The van der Waals surface area contributed by atoms with E-state index in [-0.39, 0.29) is 29.0 Å². The van der Waals surface area contributed by atoms with Gasteiger partial charge in [-0.25, -0.2) is 8.42 Å². The molecule has 0 spiro atoms. The second kappa shape index (κ2) is 8.43. The van der Waals surface area contributed by atoms with Crippen molar-refractivity contribution in [2.75, 3.05) is 5.32 Å². The Bertz CT molecular complexity index is 1270. The topological polar surface area (TPSA) is 134 Å². The first-order valence-electron chi connectivity index (χ1n) is 10.6. The molecule has 9 nitrogen and oxygen atoms in total. The van der Waals surface area contributed by atoms with Crippen LogP contribution in [0.4, 0.5) is 5.69 Å². The third kappa shape index (κ3) is 4.13. The summed E-state index contributed by atoms with van der Waals surface area (Å²) < 4.78 is 26.8. The molecule has 3 amide bonds. The second-order valence-corrected chi connectivity index (χ2v) is 9.79. The minimum absolute atomic E-state index is 0.130. The summed E-state index contributed by atoms with van der Waals surface area (Å²) >= 11 is 0. The van der Waals surface area contributed by atoms with Crippen LogP contribution < -0.4 is 15.4 Å². The minimum atomic E-state index is -3.68. The Morgan fingerprint density at radius 1 is 1.15 bits per heavy atom. The first-order valence-corrected chi connectivity index (χ1v) is 12.1. The maximum atomic E-state index is 12.7. The average Bonchev–Trinajstić information content (AvgIpc) is 3.05. The van der Waals surface area contributed by atoms with Gasteiger partial charge in [0.1, 0.15) is 11.9 Å². The highest BCUT2D eigenvalue weighted by Gasteiger charge is 2.42. The van der Waals surface area contributed by atoms with Gasteiger partial charge in [0.2, 0.25) is 17.7 Å². The average molecular weight is 469 g/mol. The predicted octanol–water partition coefficient (Wildman–Crippen LogP) is 1.84. The summed E-state index contributed by atoms with van der Waals surface area (Å²) in [5.74, 6) is -0.853. The molecule has 10 heteroatoms. The molecule has 2 aromatic carbocycles. The SMILES string of the molecule is CCC1(c2ccc(NC(=O)[C@H](C)N=C3NS(=O)(=O)c4ccccc43)cc2)CCC(=O)NC1=O. The van der Waals surface area contributed by atoms with Crippen molar-refractivity contribution in [2.24, 2.45) is 4.99 Å². The molecule has 1 fully saturated rings. The fourth-order valence-corrected chi connectivity index (χ4v) is 5.41. The highest BCUT2D eigenvalue weighted by atomic mass is 32.2. The van der Waals surface area contributed by atoms with E-state index >= 15 is 0 Å². The van der Waals surface area contributed by atoms with Crippen molar-refractivity contribution in [2.45, 2.75) is 49.5 Å². The highest BCUT2D eigenvalue weighted by molar-refractivity contribution is 7.90. The smallest absolute Gasteiger partial charge is 0.263 e. The number of benzene rings is 2. The third-order valence-electron chi connectivity index (χ3n) is 6.14. The largest absolute Gasteiger partial charge is 0.324 e. The summed E-state index contributed by atoms with van der Waals surface area (Å²) in [6.07, 6.45) is 1.26. The van der Waals surface area contributed by atoms with Crippen LogP contribution in [0.25, 0.3) is 0 Å². The Labute approximate surface area is 191 Å². The van der Waals surface area contributed by atoms with Crippen LogP contribution in [-0.2, 0) is 29.8 Å². The van der Waals surface area contributed by atoms with Crippen molar-refractivity contribution in [3.8, 4) is 0 Å². The standard InChI is InChI=1S/C23H24N4O5S/c1-3-23(13-12-19(28)26-22(23)30)15-8-10-16(11-9-15)25-21(29)14(2)24-20-17-6-4-5-7-18(17)33(31,32)27-20/h4-11,14H,3,12-13H2,1-2H3,(H,24,27)(H,25,29)(H,26,28,30)/t14-,23?/m0/s1. The highest BCUT2D eigenvalue weighted by Crippen LogP contribution is 2.36. The van der Waals surface area contributed by atoms with Gasteiger partial charge in [-0.3, -0.25) is 29.4 Å². The van der Waals surface area contributed by atoms with Crippen LogP contribution in [0.5, 0.6) is 0 Å². The Hall–Kier alpha value is -3.53. The molecule has 1 saturated heterocycles. The lowest BCUT2D eigenvalue weighted by Crippen LogP contribution is -2.51. The molecule has 0 aliphatic carbocycles. The maximum Gasteiger partial charge on any atom is 0.263 e. The van der Waals surface area contributed by atoms with Gasteiger partial charge < -0.3 is 5.32 Å². The summed E-state index contributed by atoms with van der Waals surface area (Å²) in [5.41, 5.74) is 0.943. The molecule has 0 saturated carbocycles. The number of aliphatic imine (C=N–C) groups is 1. The lowest BCUT2D eigenvalue weighted by atomic mass is 9.72. The molecule has 3 N–H and O–H groups in total. The Morgan fingerprint density at radius 2 is 1.85 bits per heavy atom. The van der Waals surface area contributed by atoms with Crippen molar-refractivity contribution < 1.29 is 22.8 Å². The zero-order valence-corrected chi connectivity index (χ0v) is 19.0. The number of amides is 3. The quantitative estimate of drug-likeness (QED) is 0.576. The Morgan fingerprint density at radius 3 is 2.52 bits per heavy atom. The van der Waals surface area contributed by atoms with Crippen molar-refractivity contribution in [3.63, 3.8) is 0 Å². The van der Waals surface area contributed by atoms with Crippen LogP contribution in [0.2, 0.25) is 0 Å². The van der Waals surface area contributed by atoms with Gasteiger partial charge in [0.05, 0.1) is 10.3 Å². The molecule has 0 bridgehead atoms. The van der Waals surface area contributed by atoms with Gasteiger partial charge in [-0.05, 0) is 49.6 Å². The number of piperidine rings is 1. The van der Waals surface area contributed by atoms with Crippen LogP contribution in [0.1, 0.15) is 44.2 Å². The molecule has 1 unspecified atom stereocenters. The molecule has 2 aliphatic heterocycles. The van der Waals surface area contributed by atoms with Crippen LogP contribution in [-0.4, -0.2) is 38.0 Å². The number of amidine groups is 1. The minimum Gasteiger partial charge on any atom is -0.324 e. The van der Waals surface area contributed by atoms with E-state index in [2.05, 4.69) is 20.3 Å². The van der Waals surface area contributed by atoms with Gasteiger partial charge in [-0.1, -0.05) is 31.2 Å². The molecular formula is C23H24N4O5S. The van der Waals surface area contributed by atoms with E-state index in [0.717, 1.165) is 5.56 Å². The summed E-state index contributed by atoms with van der Waals surface area (Å²) in [7, 11) is -3.68. The number of carbonyl (C=O) groups excluding carboxylic acids is 3. The number of sulfonamides is 1. The molecule has 172 valence electrons. The molecule has 33 heavy (non-hydrogen) atoms. The molecule has 2 aromatic rings. The number of hydrogen-bond acceptors (Lipinski definition) is 6. The summed E-state index contributed by atoms with van der Waals surface area (Å²) in [6.45, 7) is 3.47. The lowest BCUT2D eigenvalue weighted by Gasteiger charge is -2.35. The number of nitrogens with zero attached hydrogens (tertiary/aromatic N) is 1. The predicted molar refractivity (Wildman–Crippen MR) is 122 cm³/mol. The number of fused-ring (bicyclic) bond motifs is 1. The van der Waals surface area contributed by atoms with Crippen LogP contribution in [0.15, 0.2) is 58.4 Å². The molecule has 2 atom stereocenters.